The Morgan fingerprint density at radius 1 is 1.22 bits per heavy atom. The first-order valence-corrected chi connectivity index (χ1v) is 13.6. The van der Waals surface area contributed by atoms with Gasteiger partial charge in [0.25, 0.3) is 0 Å². The topological polar surface area (TPSA) is 86.9 Å². The van der Waals surface area contributed by atoms with Crippen molar-refractivity contribution < 1.29 is 13.2 Å². The average Bonchev–Trinajstić information content (AvgIpc) is 3.41. The lowest BCUT2D eigenvalue weighted by Crippen LogP contribution is -2.14. The third-order valence-electron chi connectivity index (χ3n) is 5.83. The van der Waals surface area contributed by atoms with Gasteiger partial charge in [-0.1, -0.05) is 23.4 Å². The number of ketones is 1. The highest BCUT2D eigenvalue weighted by molar-refractivity contribution is 7.99. The molecule has 1 unspecified atom stereocenters. The number of sulfone groups is 1. The van der Waals surface area contributed by atoms with Crippen LogP contribution in [0.2, 0.25) is 5.02 Å². The van der Waals surface area contributed by atoms with Gasteiger partial charge in [-0.2, -0.15) is 0 Å². The number of carbonyl (C=O) groups excluding carboxylic acids is 1. The lowest BCUT2D eigenvalue weighted by atomic mass is 10.2. The van der Waals surface area contributed by atoms with Gasteiger partial charge in [-0.15, -0.1) is 10.2 Å². The lowest BCUT2D eigenvalue weighted by molar-refractivity contribution is 0.102. The fraction of sp³-hybridized carbons (Fsp3) is 0.409. The molecule has 1 aliphatic rings. The van der Waals surface area contributed by atoms with E-state index in [0.717, 1.165) is 22.8 Å². The molecular weight excluding hydrogens is 468 g/mol. The number of aryl methyl sites for hydroxylation is 1. The van der Waals surface area contributed by atoms with Crippen LogP contribution in [-0.2, 0) is 16.4 Å². The highest BCUT2D eigenvalue weighted by Crippen LogP contribution is 2.30. The van der Waals surface area contributed by atoms with Crippen molar-refractivity contribution in [3.8, 4) is 11.4 Å². The van der Waals surface area contributed by atoms with Crippen molar-refractivity contribution >= 4 is 39.0 Å². The highest BCUT2D eigenvalue weighted by atomic mass is 35.5. The maximum Gasteiger partial charge on any atom is 0.191 e. The number of Topliss-reactive ketones (excluding diaryl/α,β-unsaturated/α-hetero) is 1. The van der Waals surface area contributed by atoms with Crippen molar-refractivity contribution in [1.29, 1.82) is 0 Å². The molecule has 2 aromatic heterocycles. The maximum atomic E-state index is 13.0. The molecule has 1 fully saturated rings. The molecule has 1 atom stereocenters. The molecule has 0 spiro atoms. The normalized spacial score (nSPS) is 17.7. The Morgan fingerprint density at radius 2 is 1.94 bits per heavy atom. The molecule has 0 radical (unpaired) electrons. The number of hydrogen-bond donors (Lipinski definition) is 0. The third kappa shape index (κ3) is 4.51. The number of benzene rings is 1. The van der Waals surface area contributed by atoms with Gasteiger partial charge in [0.1, 0.15) is 0 Å². The number of rotatable bonds is 7. The van der Waals surface area contributed by atoms with E-state index >= 15 is 0 Å². The molecule has 1 saturated heterocycles. The monoisotopic (exact) mass is 492 g/mol. The largest absolute Gasteiger partial charge is 0.344 e. The fourth-order valence-corrected chi connectivity index (χ4v) is 7.01. The number of halogens is 1. The molecule has 7 nitrogen and oxygen atoms in total. The van der Waals surface area contributed by atoms with Crippen molar-refractivity contribution in [2.45, 2.75) is 44.9 Å². The van der Waals surface area contributed by atoms with Gasteiger partial charge in [0.15, 0.2) is 26.6 Å². The van der Waals surface area contributed by atoms with Gasteiger partial charge in [-0.3, -0.25) is 4.79 Å². The van der Waals surface area contributed by atoms with E-state index in [4.69, 9.17) is 11.6 Å². The first-order chi connectivity index (χ1) is 15.2. The summed E-state index contributed by atoms with van der Waals surface area (Å²) in [4.78, 5) is 13.0. The van der Waals surface area contributed by atoms with Gasteiger partial charge < -0.3 is 9.13 Å². The van der Waals surface area contributed by atoms with Gasteiger partial charge >= 0.3 is 0 Å². The summed E-state index contributed by atoms with van der Waals surface area (Å²) < 4.78 is 27.8. The molecule has 0 saturated carbocycles. The summed E-state index contributed by atoms with van der Waals surface area (Å²) in [6, 6.07) is 9.19. The maximum absolute atomic E-state index is 13.0. The van der Waals surface area contributed by atoms with Crippen LogP contribution in [-0.4, -0.2) is 50.8 Å². The Labute approximate surface area is 197 Å². The number of carbonyl (C=O) groups is 1. The average molecular weight is 493 g/mol. The van der Waals surface area contributed by atoms with Crippen molar-refractivity contribution in [3.63, 3.8) is 0 Å². The zero-order valence-corrected chi connectivity index (χ0v) is 20.6. The second-order valence-electron chi connectivity index (χ2n) is 7.98. The van der Waals surface area contributed by atoms with Crippen LogP contribution >= 0.6 is 23.4 Å². The lowest BCUT2D eigenvalue weighted by Gasteiger charge is -2.16. The van der Waals surface area contributed by atoms with E-state index in [9.17, 15) is 13.2 Å². The van der Waals surface area contributed by atoms with E-state index in [-0.39, 0.29) is 29.1 Å². The predicted octanol–water partition coefficient (Wildman–Crippen LogP) is 4.37. The first kappa shape index (κ1) is 23.1. The molecule has 0 aliphatic carbocycles. The van der Waals surface area contributed by atoms with Crippen LogP contribution in [0.25, 0.3) is 11.4 Å². The fourth-order valence-electron chi connectivity index (χ4n) is 4.30. The van der Waals surface area contributed by atoms with Crippen molar-refractivity contribution in [3.05, 3.63) is 52.3 Å². The van der Waals surface area contributed by atoms with Crippen LogP contribution in [0.3, 0.4) is 0 Å². The Kier molecular flexibility index (Phi) is 6.51. The zero-order valence-electron chi connectivity index (χ0n) is 18.2. The van der Waals surface area contributed by atoms with Gasteiger partial charge in [0.05, 0.1) is 17.3 Å². The molecule has 0 N–H and O–H groups in total. The van der Waals surface area contributed by atoms with Crippen molar-refractivity contribution in [2.75, 3.05) is 17.3 Å². The van der Waals surface area contributed by atoms with Gasteiger partial charge in [-0.25, -0.2) is 8.42 Å². The number of hydrogen-bond acceptors (Lipinski definition) is 6. The number of nitrogens with zero attached hydrogens (tertiary/aromatic N) is 4. The molecule has 32 heavy (non-hydrogen) atoms. The van der Waals surface area contributed by atoms with Gasteiger partial charge in [-0.05, 0) is 57.5 Å². The minimum Gasteiger partial charge on any atom is -0.344 e. The zero-order chi connectivity index (χ0) is 23.0. The molecule has 10 heteroatoms. The van der Waals surface area contributed by atoms with Crippen LogP contribution in [0, 0.1) is 13.8 Å². The van der Waals surface area contributed by atoms with E-state index in [1.807, 2.05) is 60.2 Å². The molecule has 170 valence electrons. The molecule has 1 aromatic carbocycles. The molecule has 0 amide bonds. The van der Waals surface area contributed by atoms with Crippen LogP contribution in [0.1, 0.15) is 41.1 Å². The second kappa shape index (κ2) is 9.03. The minimum absolute atomic E-state index is 0.00565. The molecule has 1 aliphatic heterocycles. The smallest absolute Gasteiger partial charge is 0.191 e. The summed E-state index contributed by atoms with van der Waals surface area (Å²) in [6.07, 6.45) is 0.591. The number of thioether (sulfide) groups is 1. The Hall–Kier alpha value is -2.10. The summed E-state index contributed by atoms with van der Waals surface area (Å²) in [7, 11) is -3.00. The quantitative estimate of drug-likeness (QED) is 0.359. The summed E-state index contributed by atoms with van der Waals surface area (Å²) in [5.74, 6) is 1.30. The first-order valence-electron chi connectivity index (χ1n) is 10.4. The van der Waals surface area contributed by atoms with E-state index < -0.39 is 9.84 Å². The SMILES string of the molecule is CCn1c(SCC(=O)c2cc(C)n(C3CCS(=O)(=O)C3)c2C)nnc1-c1ccc(Cl)cc1. The molecule has 3 aromatic rings. The second-order valence-corrected chi connectivity index (χ2v) is 11.6. The third-order valence-corrected chi connectivity index (χ3v) is 8.80. The minimum atomic E-state index is -3.00. The summed E-state index contributed by atoms with van der Waals surface area (Å²) in [5, 5.41) is 9.95. The summed E-state index contributed by atoms with van der Waals surface area (Å²) in [5.41, 5.74) is 3.30. The van der Waals surface area contributed by atoms with E-state index in [1.165, 1.54) is 11.8 Å². The van der Waals surface area contributed by atoms with E-state index in [1.54, 1.807) is 0 Å². The van der Waals surface area contributed by atoms with Gasteiger partial charge in [0.2, 0.25) is 0 Å². The van der Waals surface area contributed by atoms with E-state index in [2.05, 4.69) is 10.2 Å². The van der Waals surface area contributed by atoms with Crippen LogP contribution in [0.4, 0.5) is 0 Å². The standard InChI is InChI=1S/C22H25ClN4O3S2/c1-4-26-21(16-5-7-17(23)8-6-16)24-25-22(26)31-12-20(28)19-11-14(2)27(15(19)3)18-9-10-32(29,30)13-18/h5-8,11,18H,4,9-10,12-13H2,1-3H3. The summed E-state index contributed by atoms with van der Waals surface area (Å²) >= 11 is 7.34. The molecule has 4 rings (SSSR count). The number of aromatic nitrogens is 4. The predicted molar refractivity (Wildman–Crippen MR) is 127 cm³/mol. The van der Waals surface area contributed by atoms with Crippen molar-refractivity contribution in [2.24, 2.45) is 0 Å². The van der Waals surface area contributed by atoms with Crippen molar-refractivity contribution in [1.82, 2.24) is 19.3 Å². The summed E-state index contributed by atoms with van der Waals surface area (Å²) in [6.45, 7) is 6.50. The molecule has 3 heterocycles. The Morgan fingerprint density at radius 3 is 2.56 bits per heavy atom. The van der Waals surface area contributed by atoms with Gasteiger partial charge in [0, 0.05) is 40.1 Å². The Balaban J connectivity index is 1.51. The van der Waals surface area contributed by atoms with E-state index in [0.29, 0.717) is 28.7 Å². The van der Waals surface area contributed by atoms with Crippen LogP contribution in [0.15, 0.2) is 35.5 Å². The highest BCUT2D eigenvalue weighted by Gasteiger charge is 2.31. The molecule has 0 bridgehead atoms. The molecular formula is C22H25ClN4O3S2. The van der Waals surface area contributed by atoms with Crippen LogP contribution in [0.5, 0.6) is 0 Å². The van der Waals surface area contributed by atoms with Crippen LogP contribution < -0.4 is 0 Å². The Bertz CT molecular complexity index is 1260.